The molecule has 0 bridgehead atoms. The number of carbonyl (C=O) groups excluding carboxylic acids is 2. The average Bonchev–Trinajstić information content (AvgIpc) is 2.83. The number of thiazole rings is 1. The van der Waals surface area contributed by atoms with Crippen molar-refractivity contribution in [2.75, 3.05) is 6.61 Å². The third kappa shape index (κ3) is 4.74. The van der Waals surface area contributed by atoms with E-state index in [0.717, 1.165) is 28.2 Å². The van der Waals surface area contributed by atoms with Gasteiger partial charge in [-0.05, 0) is 19.1 Å². The van der Waals surface area contributed by atoms with Gasteiger partial charge in [-0.25, -0.2) is 9.82 Å². The fourth-order valence-electron chi connectivity index (χ4n) is 1.81. The first-order valence-electron chi connectivity index (χ1n) is 7.06. The van der Waals surface area contributed by atoms with Crippen molar-refractivity contribution < 1.29 is 18.7 Å². The van der Waals surface area contributed by atoms with Crippen LogP contribution in [0.15, 0.2) is 34.2 Å². The Morgan fingerprint density at radius 1 is 1.44 bits per heavy atom. The molecule has 7 nitrogen and oxygen atoms in total. The number of hydrogen-bond acceptors (Lipinski definition) is 6. The molecule has 0 aliphatic carbocycles. The molecule has 1 aromatic carbocycles. The number of esters is 1. The van der Waals surface area contributed by atoms with E-state index in [1.807, 2.05) is 0 Å². The van der Waals surface area contributed by atoms with Crippen molar-refractivity contribution in [3.63, 3.8) is 0 Å². The normalized spacial score (nSPS) is 10.8. The van der Waals surface area contributed by atoms with Crippen molar-refractivity contribution >= 4 is 41.0 Å². The van der Waals surface area contributed by atoms with Crippen molar-refractivity contribution in [1.82, 2.24) is 9.99 Å². The average molecular weight is 386 g/mol. The van der Waals surface area contributed by atoms with Gasteiger partial charge in [0.15, 0.2) is 0 Å². The SMILES string of the molecule is CCOC(=O)Cn1c(Cl)c(C=NNC(=O)c2ccccc2F)sc1=O. The zero-order chi connectivity index (χ0) is 18.4. The lowest BCUT2D eigenvalue weighted by molar-refractivity contribution is -0.143. The predicted octanol–water partition coefficient (Wildman–Crippen LogP) is 2.03. The van der Waals surface area contributed by atoms with Gasteiger partial charge in [0.1, 0.15) is 17.5 Å². The number of aromatic nitrogens is 1. The molecule has 10 heteroatoms. The number of ether oxygens (including phenoxy) is 1. The molecule has 0 fully saturated rings. The van der Waals surface area contributed by atoms with Crippen LogP contribution in [0.3, 0.4) is 0 Å². The number of nitrogens with zero attached hydrogens (tertiary/aromatic N) is 2. The molecule has 132 valence electrons. The molecule has 1 aromatic heterocycles. The molecule has 0 aliphatic rings. The maximum absolute atomic E-state index is 13.5. The Labute approximate surface area is 150 Å². The van der Waals surface area contributed by atoms with Crippen molar-refractivity contribution in [3.8, 4) is 0 Å². The van der Waals surface area contributed by atoms with Crippen LogP contribution in [-0.4, -0.2) is 29.3 Å². The Bertz CT molecular complexity index is 878. The highest BCUT2D eigenvalue weighted by Gasteiger charge is 2.15. The van der Waals surface area contributed by atoms with Gasteiger partial charge >= 0.3 is 10.8 Å². The molecule has 2 rings (SSSR count). The summed E-state index contributed by atoms with van der Waals surface area (Å²) in [6.07, 6.45) is 1.15. The standard InChI is InChI=1S/C15H13ClFN3O4S/c1-2-24-12(21)8-20-13(16)11(25-15(20)23)7-18-19-14(22)9-5-3-4-6-10(9)17/h3-7H,2,8H2,1H3,(H,19,22). The van der Waals surface area contributed by atoms with E-state index in [0.29, 0.717) is 0 Å². The summed E-state index contributed by atoms with van der Waals surface area (Å²) in [5.41, 5.74) is 1.97. The van der Waals surface area contributed by atoms with E-state index in [1.54, 1.807) is 6.92 Å². The second-order valence-electron chi connectivity index (χ2n) is 4.59. The van der Waals surface area contributed by atoms with E-state index < -0.39 is 22.6 Å². The van der Waals surface area contributed by atoms with Gasteiger partial charge < -0.3 is 4.74 Å². The maximum atomic E-state index is 13.5. The third-order valence-corrected chi connectivity index (χ3v) is 4.35. The first-order chi connectivity index (χ1) is 11.9. The molecule has 0 aliphatic heterocycles. The fourth-order valence-corrected chi connectivity index (χ4v) is 2.91. The first kappa shape index (κ1) is 18.8. The van der Waals surface area contributed by atoms with Crippen molar-refractivity contribution in [2.24, 2.45) is 5.10 Å². The Hall–Kier alpha value is -2.52. The Balaban J connectivity index is 2.09. The highest BCUT2D eigenvalue weighted by molar-refractivity contribution is 7.11. The van der Waals surface area contributed by atoms with Crippen LogP contribution < -0.4 is 10.3 Å². The molecule has 0 unspecified atom stereocenters. The summed E-state index contributed by atoms with van der Waals surface area (Å²) in [7, 11) is 0. The number of rotatable bonds is 6. The summed E-state index contributed by atoms with van der Waals surface area (Å²) in [6.45, 7) is 1.51. The van der Waals surface area contributed by atoms with E-state index in [4.69, 9.17) is 16.3 Å². The highest BCUT2D eigenvalue weighted by Crippen LogP contribution is 2.16. The summed E-state index contributed by atoms with van der Waals surface area (Å²) < 4.78 is 19.3. The molecule has 0 saturated heterocycles. The van der Waals surface area contributed by atoms with Crippen molar-refractivity contribution in [3.05, 3.63) is 55.3 Å². The van der Waals surface area contributed by atoms with Gasteiger partial charge in [0, 0.05) is 0 Å². The lowest BCUT2D eigenvalue weighted by Crippen LogP contribution is -2.21. The van der Waals surface area contributed by atoms with Gasteiger partial charge in [-0.3, -0.25) is 19.0 Å². The molecule has 0 atom stereocenters. The van der Waals surface area contributed by atoms with Crippen LogP contribution >= 0.6 is 22.9 Å². The summed E-state index contributed by atoms with van der Waals surface area (Å²) >= 11 is 6.78. The number of benzene rings is 1. The molecule has 0 radical (unpaired) electrons. The summed E-state index contributed by atoms with van der Waals surface area (Å²) in [6, 6.07) is 5.43. The van der Waals surface area contributed by atoms with Gasteiger partial charge in [0.05, 0.1) is 23.3 Å². The molecule has 1 amide bonds. The Kier molecular flexibility index (Phi) is 6.43. The molecule has 2 aromatic rings. The van der Waals surface area contributed by atoms with Gasteiger partial charge in [-0.2, -0.15) is 5.10 Å². The van der Waals surface area contributed by atoms with Crippen molar-refractivity contribution in [1.29, 1.82) is 0 Å². The molecule has 0 saturated carbocycles. The zero-order valence-electron chi connectivity index (χ0n) is 13.0. The van der Waals surface area contributed by atoms with Crippen LogP contribution in [0.5, 0.6) is 0 Å². The fraction of sp³-hybridized carbons (Fsp3) is 0.200. The number of carbonyl (C=O) groups is 2. The van der Waals surface area contributed by atoms with Crippen LogP contribution in [0.1, 0.15) is 22.2 Å². The zero-order valence-corrected chi connectivity index (χ0v) is 14.6. The predicted molar refractivity (Wildman–Crippen MR) is 91.7 cm³/mol. The second-order valence-corrected chi connectivity index (χ2v) is 5.94. The molecule has 1 N–H and O–H groups in total. The largest absolute Gasteiger partial charge is 0.465 e. The highest BCUT2D eigenvalue weighted by atomic mass is 35.5. The third-order valence-electron chi connectivity index (χ3n) is 2.92. The maximum Gasteiger partial charge on any atom is 0.326 e. The minimum Gasteiger partial charge on any atom is -0.465 e. The van der Waals surface area contributed by atoms with Crippen LogP contribution in [0.2, 0.25) is 5.15 Å². The summed E-state index contributed by atoms with van der Waals surface area (Å²) in [4.78, 5) is 34.9. The Morgan fingerprint density at radius 3 is 2.84 bits per heavy atom. The molecule has 0 spiro atoms. The number of nitrogens with one attached hydrogen (secondary N) is 1. The van der Waals surface area contributed by atoms with E-state index in [9.17, 15) is 18.8 Å². The number of amides is 1. The van der Waals surface area contributed by atoms with E-state index in [1.165, 1.54) is 18.2 Å². The monoisotopic (exact) mass is 385 g/mol. The van der Waals surface area contributed by atoms with E-state index >= 15 is 0 Å². The quantitative estimate of drug-likeness (QED) is 0.468. The van der Waals surface area contributed by atoms with Gasteiger partial charge in [-0.15, -0.1) is 0 Å². The topological polar surface area (TPSA) is 89.8 Å². The summed E-state index contributed by atoms with van der Waals surface area (Å²) in [5, 5.41) is 3.65. The number of hydrogen-bond donors (Lipinski definition) is 1. The second kappa shape index (κ2) is 8.54. The van der Waals surface area contributed by atoms with Crippen LogP contribution in [0.4, 0.5) is 4.39 Å². The lowest BCUT2D eigenvalue weighted by atomic mass is 10.2. The van der Waals surface area contributed by atoms with Gasteiger partial charge in [0.25, 0.3) is 5.91 Å². The van der Waals surface area contributed by atoms with Crippen LogP contribution in [-0.2, 0) is 16.1 Å². The minimum absolute atomic E-state index is 0.00746. The lowest BCUT2D eigenvalue weighted by Gasteiger charge is -2.03. The summed E-state index contributed by atoms with van der Waals surface area (Å²) in [5.74, 6) is -2.03. The van der Waals surface area contributed by atoms with Gasteiger partial charge in [0.2, 0.25) is 0 Å². The molecule has 1 heterocycles. The van der Waals surface area contributed by atoms with Crippen LogP contribution in [0, 0.1) is 5.82 Å². The molecule has 25 heavy (non-hydrogen) atoms. The minimum atomic E-state index is -0.747. The van der Waals surface area contributed by atoms with E-state index in [-0.39, 0.29) is 28.7 Å². The number of hydrazone groups is 1. The molecular weight excluding hydrogens is 373 g/mol. The van der Waals surface area contributed by atoms with Crippen LogP contribution in [0.25, 0.3) is 0 Å². The van der Waals surface area contributed by atoms with Crippen molar-refractivity contribution in [2.45, 2.75) is 13.5 Å². The smallest absolute Gasteiger partial charge is 0.326 e. The number of halogens is 2. The Morgan fingerprint density at radius 2 is 2.16 bits per heavy atom. The first-order valence-corrected chi connectivity index (χ1v) is 8.26. The van der Waals surface area contributed by atoms with Gasteiger partial charge in [-0.1, -0.05) is 35.1 Å². The van der Waals surface area contributed by atoms with E-state index in [2.05, 4.69) is 10.5 Å². The molecular formula is C15H13ClFN3O4S.